The fourth-order valence-electron chi connectivity index (χ4n) is 2.00. The molecule has 3 nitrogen and oxygen atoms in total. The van der Waals surface area contributed by atoms with Gasteiger partial charge in [-0.2, -0.15) is 0 Å². The van der Waals surface area contributed by atoms with E-state index in [9.17, 15) is 4.79 Å². The molecule has 0 radical (unpaired) electrons. The van der Waals surface area contributed by atoms with Gasteiger partial charge in [-0.15, -0.1) is 11.8 Å². The van der Waals surface area contributed by atoms with Crippen LogP contribution < -0.4 is 10.6 Å². The second-order valence-corrected chi connectivity index (χ2v) is 6.44. The highest BCUT2D eigenvalue weighted by atomic mass is 32.2. The topological polar surface area (TPSA) is 41.1 Å². The first kappa shape index (κ1) is 16.9. The number of hydrogen-bond donors (Lipinski definition) is 2. The number of carbonyl (C=O) groups is 1. The van der Waals surface area contributed by atoms with Gasteiger partial charge in [-0.05, 0) is 43.7 Å². The van der Waals surface area contributed by atoms with E-state index in [4.69, 9.17) is 0 Å². The fourth-order valence-corrected chi connectivity index (χ4v) is 2.46. The molecule has 20 heavy (non-hydrogen) atoms. The maximum atomic E-state index is 11.9. The lowest BCUT2D eigenvalue weighted by Gasteiger charge is -2.15. The van der Waals surface area contributed by atoms with E-state index < -0.39 is 0 Å². The first-order valence-electron chi connectivity index (χ1n) is 7.23. The largest absolute Gasteiger partial charge is 0.335 e. The number of urea groups is 1. The van der Waals surface area contributed by atoms with E-state index in [2.05, 4.69) is 31.4 Å². The molecule has 4 heteroatoms. The van der Waals surface area contributed by atoms with Crippen LogP contribution in [0.3, 0.4) is 0 Å². The highest BCUT2D eigenvalue weighted by molar-refractivity contribution is 7.98. The number of nitrogens with one attached hydrogen (secondary N) is 2. The molecule has 0 spiro atoms. The second-order valence-electron chi connectivity index (χ2n) is 5.56. The lowest BCUT2D eigenvalue weighted by atomic mass is 10.0. The Bertz CT molecular complexity index is 421. The summed E-state index contributed by atoms with van der Waals surface area (Å²) in [5.41, 5.74) is 0.837. The predicted molar refractivity (Wildman–Crippen MR) is 88.5 cm³/mol. The van der Waals surface area contributed by atoms with Gasteiger partial charge in [-0.25, -0.2) is 4.79 Å². The van der Waals surface area contributed by atoms with E-state index in [1.165, 1.54) is 6.42 Å². The number of amides is 2. The minimum atomic E-state index is -0.125. The number of hydrogen-bond acceptors (Lipinski definition) is 2. The van der Waals surface area contributed by atoms with Gasteiger partial charge in [0, 0.05) is 16.6 Å². The van der Waals surface area contributed by atoms with Crippen LogP contribution in [0.15, 0.2) is 29.2 Å². The summed E-state index contributed by atoms with van der Waals surface area (Å²) < 4.78 is 0. The van der Waals surface area contributed by atoms with Gasteiger partial charge in [0.05, 0.1) is 0 Å². The van der Waals surface area contributed by atoms with Gasteiger partial charge in [-0.3, -0.25) is 0 Å². The third-order valence-corrected chi connectivity index (χ3v) is 3.85. The van der Waals surface area contributed by atoms with Crippen molar-refractivity contribution in [3.05, 3.63) is 24.3 Å². The van der Waals surface area contributed by atoms with Crippen molar-refractivity contribution in [2.75, 3.05) is 11.6 Å². The maximum absolute atomic E-state index is 11.9. The summed E-state index contributed by atoms with van der Waals surface area (Å²) in [6.45, 7) is 6.51. The van der Waals surface area contributed by atoms with Crippen molar-refractivity contribution in [2.24, 2.45) is 5.92 Å². The van der Waals surface area contributed by atoms with Crippen molar-refractivity contribution in [1.82, 2.24) is 5.32 Å². The summed E-state index contributed by atoms with van der Waals surface area (Å²) in [4.78, 5) is 13.0. The number of benzene rings is 1. The SMILES string of the molecule is CSc1cccc(NC(=O)N[C@H](C)CCCC(C)C)c1. The smallest absolute Gasteiger partial charge is 0.319 e. The van der Waals surface area contributed by atoms with Gasteiger partial charge in [0.2, 0.25) is 0 Å². The molecule has 0 aliphatic heterocycles. The van der Waals surface area contributed by atoms with Crippen molar-refractivity contribution in [3.8, 4) is 0 Å². The summed E-state index contributed by atoms with van der Waals surface area (Å²) in [5.74, 6) is 0.727. The quantitative estimate of drug-likeness (QED) is 0.713. The Labute approximate surface area is 126 Å². The van der Waals surface area contributed by atoms with Gasteiger partial charge in [-0.1, -0.05) is 32.8 Å². The highest BCUT2D eigenvalue weighted by Crippen LogP contribution is 2.18. The Hall–Kier alpha value is -1.16. The average molecular weight is 294 g/mol. The van der Waals surface area contributed by atoms with Crippen LogP contribution in [-0.4, -0.2) is 18.3 Å². The minimum Gasteiger partial charge on any atom is -0.335 e. The molecule has 0 saturated heterocycles. The Balaban J connectivity index is 2.35. The molecule has 0 aromatic heterocycles. The summed E-state index contributed by atoms with van der Waals surface area (Å²) in [6.07, 6.45) is 5.41. The first-order valence-corrected chi connectivity index (χ1v) is 8.45. The zero-order valence-corrected chi connectivity index (χ0v) is 13.7. The van der Waals surface area contributed by atoms with Gasteiger partial charge in [0.1, 0.15) is 0 Å². The molecule has 0 fully saturated rings. The molecule has 0 unspecified atom stereocenters. The molecule has 0 bridgehead atoms. The Morgan fingerprint density at radius 3 is 2.65 bits per heavy atom. The van der Waals surface area contributed by atoms with Crippen LogP contribution in [0.2, 0.25) is 0 Å². The van der Waals surface area contributed by atoms with Crippen molar-refractivity contribution >= 4 is 23.5 Å². The lowest BCUT2D eigenvalue weighted by molar-refractivity contribution is 0.248. The average Bonchev–Trinajstić information content (AvgIpc) is 2.38. The van der Waals surface area contributed by atoms with Crippen LogP contribution in [0.4, 0.5) is 10.5 Å². The van der Waals surface area contributed by atoms with Gasteiger partial charge in [0.25, 0.3) is 0 Å². The van der Waals surface area contributed by atoms with E-state index in [-0.39, 0.29) is 12.1 Å². The minimum absolute atomic E-state index is 0.125. The van der Waals surface area contributed by atoms with E-state index in [1.807, 2.05) is 30.5 Å². The molecule has 0 aliphatic rings. The summed E-state index contributed by atoms with van der Waals surface area (Å²) in [7, 11) is 0. The molecule has 0 heterocycles. The summed E-state index contributed by atoms with van der Waals surface area (Å²) in [5, 5.41) is 5.87. The number of rotatable bonds is 7. The molecule has 0 saturated carbocycles. The Kier molecular flexibility index (Phi) is 7.52. The van der Waals surface area contributed by atoms with E-state index >= 15 is 0 Å². The van der Waals surface area contributed by atoms with E-state index in [1.54, 1.807) is 11.8 Å². The Morgan fingerprint density at radius 2 is 2.00 bits per heavy atom. The van der Waals surface area contributed by atoms with Crippen LogP contribution in [0.1, 0.15) is 40.0 Å². The molecular weight excluding hydrogens is 268 g/mol. The van der Waals surface area contributed by atoms with E-state index in [0.717, 1.165) is 29.3 Å². The molecule has 112 valence electrons. The highest BCUT2D eigenvalue weighted by Gasteiger charge is 2.08. The molecule has 0 aliphatic carbocycles. The molecular formula is C16H26N2OS. The van der Waals surface area contributed by atoms with Crippen LogP contribution in [0.25, 0.3) is 0 Å². The van der Waals surface area contributed by atoms with Crippen molar-refractivity contribution < 1.29 is 4.79 Å². The van der Waals surface area contributed by atoms with E-state index in [0.29, 0.717) is 0 Å². The van der Waals surface area contributed by atoms with Crippen LogP contribution in [0, 0.1) is 5.92 Å². The molecule has 1 aromatic carbocycles. The lowest BCUT2D eigenvalue weighted by Crippen LogP contribution is -2.36. The fraction of sp³-hybridized carbons (Fsp3) is 0.562. The third kappa shape index (κ3) is 6.85. The first-order chi connectivity index (χ1) is 9.51. The zero-order chi connectivity index (χ0) is 15.0. The predicted octanol–water partition coefficient (Wildman–Crippen LogP) is 4.74. The molecule has 2 amide bonds. The second kappa shape index (κ2) is 8.90. The third-order valence-electron chi connectivity index (χ3n) is 3.12. The standard InChI is InChI=1S/C16H26N2OS/c1-12(2)7-5-8-13(3)17-16(19)18-14-9-6-10-15(11-14)20-4/h6,9-13H,5,7-8H2,1-4H3,(H2,17,18,19)/t13-/m1/s1. The molecule has 1 rings (SSSR count). The normalized spacial score (nSPS) is 12.2. The molecule has 1 atom stereocenters. The van der Waals surface area contributed by atoms with Crippen LogP contribution in [0.5, 0.6) is 0 Å². The Morgan fingerprint density at radius 1 is 1.25 bits per heavy atom. The van der Waals surface area contributed by atoms with Gasteiger partial charge >= 0.3 is 6.03 Å². The molecule has 1 aromatic rings. The number of thioether (sulfide) groups is 1. The number of anilines is 1. The van der Waals surface area contributed by atoms with Crippen molar-refractivity contribution in [1.29, 1.82) is 0 Å². The zero-order valence-electron chi connectivity index (χ0n) is 12.9. The summed E-state index contributed by atoms with van der Waals surface area (Å²) >= 11 is 1.67. The summed E-state index contributed by atoms with van der Waals surface area (Å²) in [6, 6.07) is 7.95. The van der Waals surface area contributed by atoms with Crippen molar-refractivity contribution in [3.63, 3.8) is 0 Å². The maximum Gasteiger partial charge on any atom is 0.319 e. The monoisotopic (exact) mass is 294 g/mol. The molecule has 2 N–H and O–H groups in total. The van der Waals surface area contributed by atoms with Gasteiger partial charge in [0.15, 0.2) is 0 Å². The van der Waals surface area contributed by atoms with Gasteiger partial charge < -0.3 is 10.6 Å². The van der Waals surface area contributed by atoms with Crippen LogP contribution in [-0.2, 0) is 0 Å². The van der Waals surface area contributed by atoms with Crippen LogP contribution >= 0.6 is 11.8 Å². The number of carbonyl (C=O) groups excluding carboxylic acids is 1. The van der Waals surface area contributed by atoms with Crippen molar-refractivity contribution in [2.45, 2.75) is 51.0 Å².